The molecule has 2 rings (SSSR count). The molecule has 0 aliphatic heterocycles. The van der Waals surface area contributed by atoms with Gasteiger partial charge in [-0.25, -0.2) is 0 Å². The number of rotatable bonds is 7. The summed E-state index contributed by atoms with van der Waals surface area (Å²) < 4.78 is 0. The molecule has 0 saturated carbocycles. The van der Waals surface area contributed by atoms with Crippen LogP contribution >= 0.6 is 0 Å². The molecule has 0 amide bonds. The predicted octanol–water partition coefficient (Wildman–Crippen LogP) is 5.08. The van der Waals surface area contributed by atoms with Crippen LogP contribution in [0.25, 0.3) is 0 Å². The standard InChI is InChI=1S/C20H27N/c1-4-9-19-16(3)15-18(21-20(19)10-5-2)14-13-17-11-7-6-8-12-17/h6-8,11-12,15H,4-5,9-10,13-14H2,1-3H3. The molecule has 0 unspecified atom stereocenters. The fourth-order valence-electron chi connectivity index (χ4n) is 2.92. The van der Waals surface area contributed by atoms with Crippen LogP contribution in [0, 0.1) is 6.92 Å². The number of aromatic nitrogens is 1. The predicted molar refractivity (Wildman–Crippen MR) is 90.8 cm³/mol. The molecule has 0 bridgehead atoms. The van der Waals surface area contributed by atoms with Crippen LogP contribution in [0.3, 0.4) is 0 Å². The highest BCUT2D eigenvalue weighted by atomic mass is 14.7. The van der Waals surface area contributed by atoms with Crippen LogP contribution in [0.1, 0.15) is 54.8 Å². The molecular formula is C20H27N. The first kappa shape index (κ1) is 15.8. The molecule has 0 aliphatic carbocycles. The third-order valence-corrected chi connectivity index (χ3v) is 3.99. The van der Waals surface area contributed by atoms with E-state index in [9.17, 15) is 0 Å². The first-order valence-corrected chi connectivity index (χ1v) is 8.26. The Hall–Kier alpha value is -1.63. The molecule has 0 fully saturated rings. The molecule has 1 heteroatoms. The Morgan fingerprint density at radius 2 is 1.57 bits per heavy atom. The second-order valence-corrected chi connectivity index (χ2v) is 5.84. The molecular weight excluding hydrogens is 254 g/mol. The van der Waals surface area contributed by atoms with Crippen molar-refractivity contribution in [2.45, 2.75) is 59.3 Å². The summed E-state index contributed by atoms with van der Waals surface area (Å²) in [5, 5.41) is 0. The Morgan fingerprint density at radius 1 is 0.857 bits per heavy atom. The van der Waals surface area contributed by atoms with E-state index >= 15 is 0 Å². The van der Waals surface area contributed by atoms with Gasteiger partial charge >= 0.3 is 0 Å². The Balaban J connectivity index is 2.16. The summed E-state index contributed by atoms with van der Waals surface area (Å²) >= 11 is 0. The van der Waals surface area contributed by atoms with Crippen molar-refractivity contribution >= 4 is 0 Å². The van der Waals surface area contributed by atoms with Crippen molar-refractivity contribution in [2.75, 3.05) is 0 Å². The van der Waals surface area contributed by atoms with Gasteiger partial charge in [0.2, 0.25) is 0 Å². The summed E-state index contributed by atoms with van der Waals surface area (Å²) in [5.41, 5.74) is 6.90. The van der Waals surface area contributed by atoms with Crippen molar-refractivity contribution in [2.24, 2.45) is 0 Å². The summed E-state index contributed by atoms with van der Waals surface area (Å²) in [6.45, 7) is 6.74. The molecule has 0 aliphatic rings. The zero-order chi connectivity index (χ0) is 15.1. The third-order valence-electron chi connectivity index (χ3n) is 3.99. The van der Waals surface area contributed by atoms with Gasteiger partial charge in [-0.3, -0.25) is 4.98 Å². The molecule has 2 aromatic rings. The number of hydrogen-bond acceptors (Lipinski definition) is 1. The number of hydrogen-bond donors (Lipinski definition) is 0. The van der Waals surface area contributed by atoms with E-state index in [0.29, 0.717) is 0 Å². The van der Waals surface area contributed by atoms with Crippen LogP contribution in [0.15, 0.2) is 36.4 Å². The van der Waals surface area contributed by atoms with Crippen LogP contribution in [0.2, 0.25) is 0 Å². The van der Waals surface area contributed by atoms with Crippen molar-refractivity contribution in [1.29, 1.82) is 0 Å². The van der Waals surface area contributed by atoms with E-state index in [-0.39, 0.29) is 0 Å². The lowest BCUT2D eigenvalue weighted by molar-refractivity contribution is 0.796. The maximum Gasteiger partial charge on any atom is 0.0441 e. The van der Waals surface area contributed by atoms with Crippen LogP contribution < -0.4 is 0 Å². The smallest absolute Gasteiger partial charge is 0.0441 e. The quantitative estimate of drug-likeness (QED) is 0.689. The van der Waals surface area contributed by atoms with E-state index in [2.05, 4.69) is 57.2 Å². The highest BCUT2D eigenvalue weighted by Gasteiger charge is 2.09. The molecule has 0 atom stereocenters. The fourth-order valence-corrected chi connectivity index (χ4v) is 2.92. The Morgan fingerprint density at radius 3 is 2.24 bits per heavy atom. The molecule has 1 nitrogen and oxygen atoms in total. The van der Waals surface area contributed by atoms with Gasteiger partial charge in [-0.2, -0.15) is 0 Å². The minimum atomic E-state index is 1.04. The van der Waals surface area contributed by atoms with Crippen molar-refractivity contribution < 1.29 is 0 Å². The summed E-state index contributed by atoms with van der Waals surface area (Å²) in [4.78, 5) is 4.96. The largest absolute Gasteiger partial charge is 0.258 e. The zero-order valence-electron chi connectivity index (χ0n) is 13.7. The van der Waals surface area contributed by atoms with Crippen molar-refractivity contribution in [3.63, 3.8) is 0 Å². The van der Waals surface area contributed by atoms with Crippen molar-refractivity contribution in [1.82, 2.24) is 4.98 Å². The van der Waals surface area contributed by atoms with Gasteiger partial charge in [-0.1, -0.05) is 57.0 Å². The maximum absolute atomic E-state index is 4.96. The average molecular weight is 281 g/mol. The van der Waals surface area contributed by atoms with E-state index in [1.807, 2.05) is 0 Å². The lowest BCUT2D eigenvalue weighted by Gasteiger charge is -2.13. The van der Waals surface area contributed by atoms with Crippen LogP contribution in [-0.2, 0) is 25.7 Å². The lowest BCUT2D eigenvalue weighted by atomic mass is 9.98. The van der Waals surface area contributed by atoms with Gasteiger partial charge in [0, 0.05) is 11.4 Å². The Kier molecular flexibility index (Phi) is 5.98. The minimum absolute atomic E-state index is 1.04. The van der Waals surface area contributed by atoms with E-state index in [1.165, 1.54) is 40.9 Å². The van der Waals surface area contributed by atoms with Gasteiger partial charge in [0.05, 0.1) is 0 Å². The first-order valence-electron chi connectivity index (χ1n) is 8.26. The Labute approximate surface area is 129 Å². The molecule has 1 heterocycles. The van der Waals surface area contributed by atoms with Gasteiger partial charge in [0.25, 0.3) is 0 Å². The second-order valence-electron chi connectivity index (χ2n) is 5.84. The third kappa shape index (κ3) is 4.42. The summed E-state index contributed by atoms with van der Waals surface area (Å²) in [6.07, 6.45) is 6.75. The Bertz CT molecular complexity index is 558. The SMILES string of the molecule is CCCc1nc(CCc2ccccc2)cc(C)c1CCC. The maximum atomic E-state index is 4.96. The number of benzene rings is 1. The molecule has 0 saturated heterocycles. The number of nitrogens with zero attached hydrogens (tertiary/aromatic N) is 1. The van der Waals surface area contributed by atoms with E-state index in [1.54, 1.807) is 0 Å². The topological polar surface area (TPSA) is 12.9 Å². The summed E-state index contributed by atoms with van der Waals surface area (Å²) in [6, 6.07) is 13.0. The summed E-state index contributed by atoms with van der Waals surface area (Å²) in [7, 11) is 0. The van der Waals surface area contributed by atoms with Crippen molar-refractivity contribution in [3.8, 4) is 0 Å². The van der Waals surface area contributed by atoms with Crippen molar-refractivity contribution in [3.05, 3.63) is 64.5 Å². The van der Waals surface area contributed by atoms with Gasteiger partial charge in [-0.05, 0) is 55.4 Å². The fraction of sp³-hybridized carbons (Fsp3) is 0.450. The second kappa shape index (κ2) is 7.97. The highest BCUT2D eigenvalue weighted by Crippen LogP contribution is 2.19. The average Bonchev–Trinajstić information content (AvgIpc) is 2.50. The van der Waals surface area contributed by atoms with Gasteiger partial charge < -0.3 is 0 Å². The minimum Gasteiger partial charge on any atom is -0.258 e. The van der Waals surface area contributed by atoms with Gasteiger partial charge in [-0.15, -0.1) is 0 Å². The normalized spacial score (nSPS) is 10.8. The molecule has 0 radical (unpaired) electrons. The molecule has 112 valence electrons. The van der Waals surface area contributed by atoms with E-state index in [4.69, 9.17) is 4.98 Å². The first-order chi connectivity index (χ1) is 10.2. The molecule has 0 spiro atoms. The number of pyridine rings is 1. The van der Waals surface area contributed by atoms with Gasteiger partial charge in [0.1, 0.15) is 0 Å². The monoisotopic (exact) mass is 281 g/mol. The lowest BCUT2D eigenvalue weighted by Crippen LogP contribution is -2.05. The van der Waals surface area contributed by atoms with Crippen LogP contribution in [0.5, 0.6) is 0 Å². The molecule has 0 N–H and O–H groups in total. The van der Waals surface area contributed by atoms with Gasteiger partial charge in [0.15, 0.2) is 0 Å². The van der Waals surface area contributed by atoms with Crippen LogP contribution in [0.4, 0.5) is 0 Å². The molecule has 21 heavy (non-hydrogen) atoms. The van der Waals surface area contributed by atoms with Crippen LogP contribution in [-0.4, -0.2) is 4.98 Å². The summed E-state index contributed by atoms with van der Waals surface area (Å²) in [5.74, 6) is 0. The molecule has 1 aromatic carbocycles. The highest BCUT2D eigenvalue weighted by molar-refractivity contribution is 5.33. The number of aryl methyl sites for hydroxylation is 4. The zero-order valence-corrected chi connectivity index (χ0v) is 13.7. The van der Waals surface area contributed by atoms with E-state index in [0.717, 1.165) is 25.7 Å². The van der Waals surface area contributed by atoms with E-state index < -0.39 is 0 Å². The molecule has 1 aromatic heterocycles.